The highest BCUT2D eigenvalue weighted by Gasteiger charge is 1.91. The molecule has 1 heterocycles. The normalized spacial score (nSPS) is 10.0. The maximum absolute atomic E-state index is 3.70. The second kappa shape index (κ2) is 3.36. The molecule has 0 saturated carbocycles. The second-order valence-corrected chi connectivity index (χ2v) is 3.12. The van der Waals surface area contributed by atoms with E-state index in [0.29, 0.717) is 5.16 Å². The van der Waals surface area contributed by atoms with Crippen molar-refractivity contribution in [2.45, 2.75) is 10.1 Å². The first-order chi connectivity index (χ1) is 5.95. The lowest BCUT2D eigenvalue weighted by Crippen LogP contribution is -1.77. The van der Waals surface area contributed by atoms with Crippen LogP contribution in [0.25, 0.3) is 0 Å². The van der Waals surface area contributed by atoms with Crippen LogP contribution >= 0.6 is 11.8 Å². The van der Waals surface area contributed by atoms with Gasteiger partial charge in [-0.15, -0.1) is 0 Å². The fourth-order valence-corrected chi connectivity index (χ4v) is 1.43. The van der Waals surface area contributed by atoms with Crippen molar-refractivity contribution in [3.05, 3.63) is 30.3 Å². The number of hydrogen-bond donors (Lipinski definition) is 0. The van der Waals surface area contributed by atoms with Gasteiger partial charge in [-0.25, -0.2) is 0 Å². The lowest BCUT2D eigenvalue weighted by atomic mass is 10.4. The van der Waals surface area contributed by atoms with Gasteiger partial charge in [-0.1, -0.05) is 30.0 Å². The first kappa shape index (κ1) is 7.30. The van der Waals surface area contributed by atoms with Gasteiger partial charge in [0.1, 0.15) is 0 Å². The summed E-state index contributed by atoms with van der Waals surface area (Å²) in [6, 6.07) is 9.87. The van der Waals surface area contributed by atoms with Crippen LogP contribution in [0.3, 0.4) is 0 Å². The SMILES string of the molecule is c1ccc(Sc2nnn[n-]2)cc1. The molecule has 0 aliphatic carbocycles. The van der Waals surface area contributed by atoms with Crippen molar-refractivity contribution in [1.29, 1.82) is 0 Å². The maximum Gasteiger partial charge on any atom is 0.0709 e. The second-order valence-electron chi connectivity index (χ2n) is 2.08. The smallest absolute Gasteiger partial charge is 0.0709 e. The van der Waals surface area contributed by atoms with Crippen LogP contribution in [0.4, 0.5) is 0 Å². The van der Waals surface area contributed by atoms with E-state index in [9.17, 15) is 0 Å². The highest BCUT2D eigenvalue weighted by Crippen LogP contribution is 2.21. The van der Waals surface area contributed by atoms with E-state index in [1.54, 1.807) is 0 Å². The summed E-state index contributed by atoms with van der Waals surface area (Å²) in [6.45, 7) is 0. The molecule has 0 spiro atoms. The fourth-order valence-electron chi connectivity index (χ4n) is 0.771. The Balaban J connectivity index is 2.15. The van der Waals surface area contributed by atoms with Gasteiger partial charge < -0.3 is 5.10 Å². The van der Waals surface area contributed by atoms with Gasteiger partial charge in [-0.05, 0) is 12.1 Å². The summed E-state index contributed by atoms with van der Waals surface area (Å²) < 4.78 is 0. The van der Waals surface area contributed by atoms with Gasteiger partial charge in [0.25, 0.3) is 0 Å². The average molecular weight is 177 g/mol. The Kier molecular flexibility index (Phi) is 2.04. The number of tetrazole rings is 1. The van der Waals surface area contributed by atoms with Gasteiger partial charge in [0.05, 0.1) is 5.16 Å². The van der Waals surface area contributed by atoms with E-state index in [4.69, 9.17) is 0 Å². The Morgan fingerprint density at radius 2 is 2.00 bits per heavy atom. The molecule has 0 aliphatic rings. The summed E-state index contributed by atoms with van der Waals surface area (Å²) in [7, 11) is 0. The molecule has 5 heteroatoms. The molecule has 60 valence electrons. The van der Waals surface area contributed by atoms with Crippen molar-refractivity contribution in [3.63, 3.8) is 0 Å². The van der Waals surface area contributed by atoms with E-state index in [2.05, 4.69) is 20.6 Å². The van der Waals surface area contributed by atoms with Crippen LogP contribution in [0.15, 0.2) is 40.4 Å². The predicted octanol–water partition coefficient (Wildman–Crippen LogP) is 0.980. The van der Waals surface area contributed by atoms with Gasteiger partial charge in [-0.2, -0.15) is 5.21 Å². The third kappa shape index (κ3) is 1.62. The predicted molar refractivity (Wildman–Crippen MR) is 43.7 cm³/mol. The minimum atomic E-state index is 0.584. The van der Waals surface area contributed by atoms with Gasteiger partial charge in [0.15, 0.2) is 0 Å². The van der Waals surface area contributed by atoms with Crippen molar-refractivity contribution in [1.82, 2.24) is 20.6 Å². The Morgan fingerprint density at radius 3 is 2.67 bits per heavy atom. The number of hydrogen-bond acceptors (Lipinski definition) is 4. The molecule has 0 atom stereocenters. The van der Waals surface area contributed by atoms with Crippen molar-refractivity contribution in [3.8, 4) is 0 Å². The largest absolute Gasteiger partial charge is 0.324 e. The first-order valence-electron chi connectivity index (χ1n) is 3.37. The molecule has 2 rings (SSSR count). The number of rotatable bonds is 2. The van der Waals surface area contributed by atoms with Crippen LogP contribution in [0.1, 0.15) is 0 Å². The van der Waals surface area contributed by atoms with Crippen molar-refractivity contribution in [2.24, 2.45) is 0 Å². The molecule has 0 fully saturated rings. The van der Waals surface area contributed by atoms with E-state index in [-0.39, 0.29) is 0 Å². The zero-order chi connectivity index (χ0) is 8.23. The summed E-state index contributed by atoms with van der Waals surface area (Å²) in [5.74, 6) is 0. The van der Waals surface area contributed by atoms with E-state index in [1.807, 2.05) is 30.3 Å². The van der Waals surface area contributed by atoms with Crippen LogP contribution in [-0.2, 0) is 0 Å². The number of nitrogens with zero attached hydrogens (tertiary/aromatic N) is 4. The molecule has 0 unspecified atom stereocenters. The Labute approximate surface area is 73.4 Å². The molecule has 12 heavy (non-hydrogen) atoms. The summed E-state index contributed by atoms with van der Waals surface area (Å²) >= 11 is 1.45. The highest BCUT2D eigenvalue weighted by atomic mass is 32.2. The van der Waals surface area contributed by atoms with E-state index in [1.165, 1.54) is 11.8 Å². The van der Waals surface area contributed by atoms with Crippen molar-refractivity contribution < 1.29 is 0 Å². The minimum Gasteiger partial charge on any atom is -0.324 e. The number of aromatic nitrogens is 4. The molecule has 0 radical (unpaired) electrons. The molecular weight excluding hydrogens is 172 g/mol. The van der Waals surface area contributed by atoms with Crippen LogP contribution < -0.4 is 5.10 Å². The van der Waals surface area contributed by atoms with Crippen LogP contribution in [-0.4, -0.2) is 15.5 Å². The summed E-state index contributed by atoms with van der Waals surface area (Å²) in [4.78, 5) is 1.09. The summed E-state index contributed by atoms with van der Waals surface area (Å²) in [5, 5.41) is 14.8. The van der Waals surface area contributed by atoms with E-state index in [0.717, 1.165) is 4.90 Å². The molecule has 0 saturated heterocycles. The van der Waals surface area contributed by atoms with Crippen LogP contribution in [0, 0.1) is 0 Å². The summed E-state index contributed by atoms with van der Waals surface area (Å²) in [5.41, 5.74) is 0. The highest BCUT2D eigenvalue weighted by molar-refractivity contribution is 7.99. The molecule has 4 nitrogen and oxygen atoms in total. The lowest BCUT2D eigenvalue weighted by molar-refractivity contribution is 0.870. The molecule has 0 N–H and O–H groups in total. The lowest BCUT2D eigenvalue weighted by Gasteiger charge is -1.97. The molecule has 0 aliphatic heterocycles. The topological polar surface area (TPSA) is 52.8 Å². The molecule has 2 aromatic rings. The van der Waals surface area contributed by atoms with E-state index < -0.39 is 0 Å². The van der Waals surface area contributed by atoms with E-state index >= 15 is 0 Å². The van der Waals surface area contributed by atoms with Crippen molar-refractivity contribution in [2.75, 3.05) is 0 Å². The molecule has 1 aromatic heterocycles. The molecule has 1 aromatic carbocycles. The Hall–Kier alpha value is -1.36. The standard InChI is InChI=1S/C7H5N4S/c1-2-4-6(5-3-1)12-7-8-10-11-9-7/h1-5H/q-1. The summed E-state index contributed by atoms with van der Waals surface area (Å²) in [6.07, 6.45) is 0. The van der Waals surface area contributed by atoms with Crippen LogP contribution in [0.2, 0.25) is 0 Å². The minimum absolute atomic E-state index is 0.584. The third-order valence-electron chi connectivity index (χ3n) is 1.25. The maximum atomic E-state index is 3.70. The Bertz CT molecular complexity index is 332. The van der Waals surface area contributed by atoms with Gasteiger partial charge >= 0.3 is 0 Å². The molecule has 0 amide bonds. The third-order valence-corrected chi connectivity index (χ3v) is 2.11. The van der Waals surface area contributed by atoms with Gasteiger partial charge in [-0.3, -0.25) is 10.3 Å². The molecular formula is C7H5N4S-. The van der Waals surface area contributed by atoms with Gasteiger partial charge in [0, 0.05) is 4.90 Å². The monoisotopic (exact) mass is 177 g/mol. The fraction of sp³-hybridized carbons (Fsp3) is 0. The van der Waals surface area contributed by atoms with Crippen LogP contribution in [0.5, 0.6) is 0 Å². The zero-order valence-electron chi connectivity index (χ0n) is 6.08. The molecule has 0 bridgehead atoms. The average Bonchev–Trinajstić information content (AvgIpc) is 2.59. The first-order valence-corrected chi connectivity index (χ1v) is 4.18. The van der Waals surface area contributed by atoms with Gasteiger partial charge in [0.2, 0.25) is 0 Å². The zero-order valence-corrected chi connectivity index (χ0v) is 6.90. The number of benzene rings is 1. The van der Waals surface area contributed by atoms with Crippen molar-refractivity contribution >= 4 is 11.8 Å². The Morgan fingerprint density at radius 1 is 1.17 bits per heavy atom. The quantitative estimate of drug-likeness (QED) is 0.684.